The van der Waals surface area contributed by atoms with Crippen LogP contribution in [0.4, 0.5) is 11.8 Å². The van der Waals surface area contributed by atoms with Crippen LogP contribution in [0.5, 0.6) is 0 Å². The molecule has 6 nitrogen and oxygen atoms in total. The highest BCUT2D eigenvalue weighted by Gasteiger charge is 2.00. The van der Waals surface area contributed by atoms with Crippen molar-refractivity contribution in [2.45, 2.75) is 6.42 Å². The molecule has 0 unspecified atom stereocenters. The van der Waals surface area contributed by atoms with Gasteiger partial charge >= 0.3 is 0 Å². The van der Waals surface area contributed by atoms with Crippen LogP contribution in [0.25, 0.3) is 0 Å². The predicted octanol–water partition coefficient (Wildman–Crippen LogP) is 0.920. The van der Waals surface area contributed by atoms with E-state index in [0.717, 1.165) is 24.6 Å². The summed E-state index contributed by atoms with van der Waals surface area (Å²) in [5, 5.41) is 3.24. The number of nitrogens with zero attached hydrogens (tertiary/aromatic N) is 4. The molecular weight excluding hydrogens is 216 g/mol. The Labute approximate surface area is 100 Å². The van der Waals surface area contributed by atoms with Crippen molar-refractivity contribution >= 4 is 11.8 Å². The molecule has 17 heavy (non-hydrogen) atoms. The lowest BCUT2D eigenvalue weighted by Crippen LogP contribution is -2.14. The van der Waals surface area contributed by atoms with Crippen molar-refractivity contribution in [2.24, 2.45) is 0 Å². The van der Waals surface area contributed by atoms with Gasteiger partial charge in [-0.1, -0.05) is 0 Å². The summed E-state index contributed by atoms with van der Waals surface area (Å²) < 4.78 is 0. The molecule has 2 aromatic rings. The van der Waals surface area contributed by atoms with Crippen LogP contribution >= 0.6 is 0 Å². The van der Waals surface area contributed by atoms with E-state index in [1.165, 1.54) is 0 Å². The number of rotatable bonds is 5. The summed E-state index contributed by atoms with van der Waals surface area (Å²) in [6, 6.07) is 1.86. The third kappa shape index (κ3) is 3.17. The molecule has 0 atom stereocenters. The molecule has 0 saturated heterocycles. The standard InChI is InChI=1S/C11H16N6/c1-17(2)11-15-6-4-10(16-11)12-5-3-9-13-7-8-14-9/h4,6-8H,3,5H2,1-2H3,(H,13,14)(H,12,15,16). The first-order valence-corrected chi connectivity index (χ1v) is 5.48. The number of hydrogen-bond acceptors (Lipinski definition) is 5. The summed E-state index contributed by atoms with van der Waals surface area (Å²) in [7, 11) is 3.84. The summed E-state index contributed by atoms with van der Waals surface area (Å²) in [5.74, 6) is 2.50. The number of imidazole rings is 1. The second kappa shape index (κ2) is 5.29. The highest BCUT2D eigenvalue weighted by Crippen LogP contribution is 2.07. The Morgan fingerprint density at radius 1 is 1.29 bits per heavy atom. The minimum atomic E-state index is 0.702. The van der Waals surface area contributed by atoms with Crippen LogP contribution in [-0.4, -0.2) is 40.6 Å². The van der Waals surface area contributed by atoms with Gasteiger partial charge in [-0.15, -0.1) is 0 Å². The molecule has 0 aliphatic heterocycles. The molecule has 0 amide bonds. The molecule has 0 aromatic carbocycles. The fourth-order valence-electron chi connectivity index (χ4n) is 1.41. The topological polar surface area (TPSA) is 69.7 Å². The maximum atomic E-state index is 4.36. The van der Waals surface area contributed by atoms with Crippen LogP contribution in [-0.2, 0) is 6.42 Å². The summed E-state index contributed by atoms with van der Waals surface area (Å²) in [4.78, 5) is 17.6. The second-order valence-corrected chi connectivity index (χ2v) is 3.85. The summed E-state index contributed by atoms with van der Waals surface area (Å²) in [6.07, 6.45) is 6.17. The first-order valence-electron chi connectivity index (χ1n) is 5.48. The Hall–Kier alpha value is -2.11. The lowest BCUT2D eigenvalue weighted by atomic mass is 10.4. The molecule has 90 valence electrons. The quantitative estimate of drug-likeness (QED) is 0.802. The van der Waals surface area contributed by atoms with Gasteiger partial charge in [0, 0.05) is 45.7 Å². The molecule has 2 N–H and O–H groups in total. The number of aromatic nitrogens is 4. The minimum absolute atomic E-state index is 0.702. The van der Waals surface area contributed by atoms with Crippen molar-refractivity contribution in [3.63, 3.8) is 0 Å². The number of nitrogens with one attached hydrogen (secondary N) is 2. The highest BCUT2D eigenvalue weighted by atomic mass is 15.2. The number of anilines is 2. The van der Waals surface area contributed by atoms with Crippen molar-refractivity contribution in [3.8, 4) is 0 Å². The Bertz CT molecular complexity index is 451. The van der Waals surface area contributed by atoms with Gasteiger partial charge in [0.1, 0.15) is 11.6 Å². The van der Waals surface area contributed by atoms with Crippen LogP contribution < -0.4 is 10.2 Å². The summed E-state index contributed by atoms with van der Waals surface area (Å²) in [6.45, 7) is 0.789. The maximum absolute atomic E-state index is 4.36. The summed E-state index contributed by atoms with van der Waals surface area (Å²) >= 11 is 0. The van der Waals surface area contributed by atoms with Crippen LogP contribution in [0.3, 0.4) is 0 Å². The Morgan fingerprint density at radius 2 is 2.18 bits per heavy atom. The lowest BCUT2D eigenvalue weighted by Gasteiger charge is -2.11. The van der Waals surface area contributed by atoms with E-state index >= 15 is 0 Å². The predicted molar refractivity (Wildman–Crippen MR) is 67.1 cm³/mol. The first kappa shape index (κ1) is 11.4. The van der Waals surface area contributed by atoms with Gasteiger partial charge in [0.25, 0.3) is 0 Å². The molecule has 2 heterocycles. The van der Waals surface area contributed by atoms with Crippen molar-refractivity contribution < 1.29 is 0 Å². The van der Waals surface area contributed by atoms with Crippen LogP contribution in [0.1, 0.15) is 5.82 Å². The molecule has 0 radical (unpaired) electrons. The third-order valence-corrected chi connectivity index (χ3v) is 2.27. The van der Waals surface area contributed by atoms with Gasteiger partial charge < -0.3 is 15.2 Å². The number of H-pyrrole nitrogens is 1. The van der Waals surface area contributed by atoms with E-state index in [1.807, 2.05) is 31.3 Å². The lowest BCUT2D eigenvalue weighted by molar-refractivity contribution is 0.915. The van der Waals surface area contributed by atoms with Crippen molar-refractivity contribution in [3.05, 3.63) is 30.5 Å². The normalized spacial score (nSPS) is 10.2. The zero-order valence-corrected chi connectivity index (χ0v) is 10.0. The SMILES string of the molecule is CN(C)c1nccc(NCCc2ncc[nH]2)n1. The van der Waals surface area contributed by atoms with E-state index in [2.05, 4.69) is 25.3 Å². The first-order chi connectivity index (χ1) is 8.25. The molecule has 6 heteroatoms. The Balaban J connectivity index is 1.88. The number of aromatic amines is 1. The molecule has 0 bridgehead atoms. The smallest absolute Gasteiger partial charge is 0.226 e. The average molecular weight is 232 g/mol. The molecule has 0 fully saturated rings. The molecule has 0 aliphatic carbocycles. The molecule has 2 aromatic heterocycles. The Morgan fingerprint density at radius 3 is 2.88 bits per heavy atom. The highest BCUT2D eigenvalue weighted by molar-refractivity contribution is 5.40. The average Bonchev–Trinajstić information content (AvgIpc) is 2.82. The zero-order chi connectivity index (χ0) is 12.1. The zero-order valence-electron chi connectivity index (χ0n) is 10.0. The van der Waals surface area contributed by atoms with Gasteiger partial charge in [-0.3, -0.25) is 0 Å². The fraction of sp³-hybridized carbons (Fsp3) is 0.364. The Kier molecular flexibility index (Phi) is 3.54. The van der Waals surface area contributed by atoms with Crippen molar-refractivity contribution in [1.82, 2.24) is 19.9 Å². The van der Waals surface area contributed by atoms with E-state index in [-0.39, 0.29) is 0 Å². The monoisotopic (exact) mass is 232 g/mol. The molecule has 0 spiro atoms. The maximum Gasteiger partial charge on any atom is 0.226 e. The fourth-order valence-corrected chi connectivity index (χ4v) is 1.41. The van der Waals surface area contributed by atoms with Crippen LogP contribution in [0, 0.1) is 0 Å². The molecule has 2 rings (SSSR count). The summed E-state index contributed by atoms with van der Waals surface area (Å²) in [5.41, 5.74) is 0. The number of hydrogen-bond donors (Lipinski definition) is 2. The minimum Gasteiger partial charge on any atom is -0.369 e. The van der Waals surface area contributed by atoms with Gasteiger partial charge in [-0.25, -0.2) is 9.97 Å². The third-order valence-electron chi connectivity index (χ3n) is 2.27. The largest absolute Gasteiger partial charge is 0.369 e. The van der Waals surface area contributed by atoms with E-state index < -0.39 is 0 Å². The van der Waals surface area contributed by atoms with E-state index in [9.17, 15) is 0 Å². The van der Waals surface area contributed by atoms with Crippen LogP contribution in [0.15, 0.2) is 24.7 Å². The molecule has 0 saturated carbocycles. The van der Waals surface area contributed by atoms with Gasteiger partial charge in [-0.05, 0) is 6.07 Å². The van der Waals surface area contributed by atoms with Gasteiger partial charge in [0.2, 0.25) is 5.95 Å². The van der Waals surface area contributed by atoms with E-state index in [4.69, 9.17) is 0 Å². The molecular formula is C11H16N6. The van der Waals surface area contributed by atoms with Gasteiger partial charge in [0.15, 0.2) is 0 Å². The van der Waals surface area contributed by atoms with Gasteiger partial charge in [0.05, 0.1) is 0 Å². The van der Waals surface area contributed by atoms with Crippen molar-refractivity contribution in [2.75, 3.05) is 30.9 Å². The van der Waals surface area contributed by atoms with Gasteiger partial charge in [-0.2, -0.15) is 4.98 Å². The van der Waals surface area contributed by atoms with Crippen LogP contribution in [0.2, 0.25) is 0 Å². The van der Waals surface area contributed by atoms with E-state index in [0.29, 0.717) is 5.95 Å². The molecule has 0 aliphatic rings. The second-order valence-electron chi connectivity index (χ2n) is 3.85. The van der Waals surface area contributed by atoms with Crippen molar-refractivity contribution in [1.29, 1.82) is 0 Å². The van der Waals surface area contributed by atoms with E-state index in [1.54, 1.807) is 12.4 Å².